The first-order chi connectivity index (χ1) is 15.6. The highest BCUT2D eigenvalue weighted by Crippen LogP contribution is 2.32. The number of ether oxygens (including phenoxy) is 2. The number of benzene rings is 2. The maximum Gasteiger partial charge on any atom is 0.305 e. The Kier molecular flexibility index (Phi) is 9.16. The second-order valence-corrected chi connectivity index (χ2v) is 8.57. The number of aryl methyl sites for hydroxylation is 1. The van der Waals surface area contributed by atoms with Gasteiger partial charge in [0, 0.05) is 17.5 Å². The van der Waals surface area contributed by atoms with E-state index in [1.807, 2.05) is 24.3 Å². The van der Waals surface area contributed by atoms with Gasteiger partial charge in [-0.2, -0.15) is 0 Å². The van der Waals surface area contributed by atoms with Crippen LogP contribution in [0.3, 0.4) is 0 Å². The van der Waals surface area contributed by atoms with Gasteiger partial charge in [0.2, 0.25) is 0 Å². The second kappa shape index (κ2) is 12.3. The number of carbonyl (C=O) groups is 1. The molecule has 0 atom stereocenters. The summed E-state index contributed by atoms with van der Waals surface area (Å²) in [6.45, 7) is 2.93. The Labute approximate surface area is 192 Å². The summed E-state index contributed by atoms with van der Waals surface area (Å²) in [7, 11) is 1.34. The van der Waals surface area contributed by atoms with Gasteiger partial charge in [-0.1, -0.05) is 50.0 Å². The molecule has 3 aromatic rings. The van der Waals surface area contributed by atoms with Crippen LogP contribution >= 0.6 is 11.3 Å². The molecule has 170 valence electrons. The monoisotopic (exact) mass is 456 g/mol. The summed E-state index contributed by atoms with van der Waals surface area (Å²) in [4.78, 5) is 11.3. The second-order valence-electron chi connectivity index (χ2n) is 7.59. The summed E-state index contributed by atoms with van der Waals surface area (Å²) in [5.41, 5.74) is 2.06. The maximum absolute atomic E-state index is 14.6. The molecule has 0 fully saturated rings. The zero-order valence-electron chi connectivity index (χ0n) is 18.6. The van der Waals surface area contributed by atoms with Crippen LogP contribution in [0.5, 0.6) is 5.75 Å². The third-order valence-electron chi connectivity index (χ3n) is 5.15. The van der Waals surface area contributed by atoms with Crippen molar-refractivity contribution in [1.29, 1.82) is 0 Å². The molecule has 7 heteroatoms. The highest BCUT2D eigenvalue weighted by atomic mass is 32.1. The smallest absolute Gasteiger partial charge is 0.305 e. The van der Waals surface area contributed by atoms with Crippen LogP contribution in [0.15, 0.2) is 42.5 Å². The molecule has 0 spiro atoms. The Bertz CT molecular complexity index is 1000. The average Bonchev–Trinajstić information content (AvgIpc) is 3.30. The summed E-state index contributed by atoms with van der Waals surface area (Å²) in [6, 6.07) is 12.7. The van der Waals surface area contributed by atoms with Crippen molar-refractivity contribution < 1.29 is 18.7 Å². The van der Waals surface area contributed by atoms with Crippen LogP contribution in [0.25, 0.3) is 21.1 Å². The predicted octanol–water partition coefficient (Wildman–Crippen LogP) is 6.47. The van der Waals surface area contributed by atoms with E-state index in [0.29, 0.717) is 17.0 Å². The third kappa shape index (κ3) is 6.85. The fourth-order valence-electron chi connectivity index (χ4n) is 3.27. The molecule has 0 saturated carbocycles. The molecule has 1 heterocycles. The molecule has 2 aromatic carbocycles. The zero-order chi connectivity index (χ0) is 22.8. The lowest BCUT2D eigenvalue weighted by atomic mass is 10.1. The SMILES string of the molecule is CCCCCCCOc1ccc(-c2nnc(-c3ccc(CCC(=O)OC)cc3F)s2)cc1. The van der Waals surface area contributed by atoms with Crippen molar-refractivity contribution in [3.05, 3.63) is 53.8 Å². The fraction of sp³-hybridized carbons (Fsp3) is 0.400. The highest BCUT2D eigenvalue weighted by Gasteiger charge is 2.14. The minimum atomic E-state index is -0.377. The quantitative estimate of drug-likeness (QED) is 0.231. The van der Waals surface area contributed by atoms with Crippen LogP contribution < -0.4 is 4.74 Å². The van der Waals surface area contributed by atoms with E-state index in [9.17, 15) is 9.18 Å². The van der Waals surface area contributed by atoms with Crippen molar-refractivity contribution >= 4 is 17.3 Å². The van der Waals surface area contributed by atoms with Crippen LogP contribution in [0.2, 0.25) is 0 Å². The van der Waals surface area contributed by atoms with Crippen molar-refractivity contribution in [3.63, 3.8) is 0 Å². The molecule has 3 rings (SSSR count). The van der Waals surface area contributed by atoms with E-state index in [2.05, 4.69) is 21.9 Å². The van der Waals surface area contributed by atoms with Gasteiger partial charge in [-0.25, -0.2) is 4.39 Å². The number of carbonyl (C=O) groups excluding carboxylic acids is 1. The van der Waals surface area contributed by atoms with Crippen molar-refractivity contribution in [3.8, 4) is 26.9 Å². The molecule has 0 saturated heterocycles. The molecule has 0 aliphatic heterocycles. The van der Waals surface area contributed by atoms with Crippen LogP contribution in [-0.2, 0) is 16.0 Å². The molecule has 5 nitrogen and oxygen atoms in total. The molecule has 32 heavy (non-hydrogen) atoms. The summed E-state index contributed by atoms with van der Waals surface area (Å²) in [5.74, 6) is 0.145. The number of esters is 1. The van der Waals surface area contributed by atoms with E-state index in [1.54, 1.807) is 12.1 Å². The molecule has 1 aromatic heterocycles. The van der Waals surface area contributed by atoms with Gasteiger partial charge in [-0.15, -0.1) is 10.2 Å². The van der Waals surface area contributed by atoms with Gasteiger partial charge in [0.1, 0.15) is 16.6 Å². The van der Waals surface area contributed by atoms with E-state index in [-0.39, 0.29) is 18.2 Å². The first-order valence-electron chi connectivity index (χ1n) is 11.0. The number of aromatic nitrogens is 2. The standard InChI is InChI=1S/C25H29FN2O3S/c1-3-4-5-6-7-16-31-20-12-10-19(11-13-20)24-27-28-25(32-24)21-14-8-18(17-22(21)26)9-15-23(29)30-2/h8,10-14,17H,3-7,9,15-16H2,1-2H3. The number of unbranched alkanes of at least 4 members (excludes halogenated alkanes) is 4. The Morgan fingerprint density at radius 2 is 1.75 bits per heavy atom. The lowest BCUT2D eigenvalue weighted by molar-refractivity contribution is -0.140. The molecule has 0 radical (unpaired) electrons. The summed E-state index contributed by atoms with van der Waals surface area (Å²) in [6.07, 6.45) is 6.69. The molecule has 0 unspecified atom stereocenters. The average molecular weight is 457 g/mol. The predicted molar refractivity (Wildman–Crippen MR) is 125 cm³/mol. The largest absolute Gasteiger partial charge is 0.494 e. The van der Waals surface area contributed by atoms with Crippen molar-refractivity contribution in [2.75, 3.05) is 13.7 Å². The number of hydrogen-bond acceptors (Lipinski definition) is 6. The van der Waals surface area contributed by atoms with Crippen LogP contribution in [0.4, 0.5) is 4.39 Å². The van der Waals surface area contributed by atoms with E-state index >= 15 is 0 Å². The van der Waals surface area contributed by atoms with Gasteiger partial charge in [0.15, 0.2) is 5.01 Å². The lowest BCUT2D eigenvalue weighted by Gasteiger charge is -2.06. The molecule has 0 aliphatic rings. The van der Waals surface area contributed by atoms with Gasteiger partial charge < -0.3 is 9.47 Å². The Morgan fingerprint density at radius 1 is 1.00 bits per heavy atom. The third-order valence-corrected chi connectivity index (χ3v) is 6.16. The van der Waals surface area contributed by atoms with Gasteiger partial charge in [0.05, 0.1) is 13.7 Å². The van der Waals surface area contributed by atoms with Gasteiger partial charge in [0.25, 0.3) is 0 Å². The molecule has 0 N–H and O–H groups in total. The number of hydrogen-bond donors (Lipinski definition) is 0. The summed E-state index contributed by atoms with van der Waals surface area (Å²) in [5, 5.41) is 9.64. The van der Waals surface area contributed by atoms with Crippen molar-refractivity contribution in [1.82, 2.24) is 10.2 Å². The summed E-state index contributed by atoms with van der Waals surface area (Å²) < 4.78 is 25.1. The van der Waals surface area contributed by atoms with Crippen molar-refractivity contribution in [2.24, 2.45) is 0 Å². The van der Waals surface area contributed by atoms with E-state index in [1.165, 1.54) is 50.2 Å². The van der Waals surface area contributed by atoms with Crippen molar-refractivity contribution in [2.45, 2.75) is 51.9 Å². The van der Waals surface area contributed by atoms with E-state index < -0.39 is 0 Å². The van der Waals surface area contributed by atoms with Crippen LogP contribution in [0, 0.1) is 5.82 Å². The Morgan fingerprint density at radius 3 is 2.47 bits per heavy atom. The minimum absolute atomic E-state index is 0.219. The van der Waals surface area contributed by atoms with Crippen LogP contribution in [-0.4, -0.2) is 29.9 Å². The highest BCUT2D eigenvalue weighted by molar-refractivity contribution is 7.17. The Hall–Kier alpha value is -2.80. The molecular weight excluding hydrogens is 427 g/mol. The zero-order valence-corrected chi connectivity index (χ0v) is 19.4. The lowest BCUT2D eigenvalue weighted by Crippen LogP contribution is -2.02. The topological polar surface area (TPSA) is 61.3 Å². The fourth-order valence-corrected chi connectivity index (χ4v) is 4.15. The van der Waals surface area contributed by atoms with Gasteiger partial charge >= 0.3 is 5.97 Å². The number of halogens is 1. The molecular formula is C25H29FN2O3S. The first kappa shape index (κ1) is 23.9. The normalized spacial score (nSPS) is 10.8. The number of methoxy groups -OCH3 is 1. The molecule has 0 amide bonds. The Balaban J connectivity index is 1.59. The maximum atomic E-state index is 14.6. The van der Waals surface area contributed by atoms with Gasteiger partial charge in [-0.3, -0.25) is 4.79 Å². The number of nitrogens with zero attached hydrogens (tertiary/aromatic N) is 2. The van der Waals surface area contributed by atoms with Crippen LogP contribution in [0.1, 0.15) is 51.0 Å². The van der Waals surface area contributed by atoms with E-state index in [4.69, 9.17) is 4.74 Å². The van der Waals surface area contributed by atoms with Gasteiger partial charge in [-0.05, 0) is 54.8 Å². The minimum Gasteiger partial charge on any atom is -0.494 e. The molecule has 0 aliphatic carbocycles. The first-order valence-corrected chi connectivity index (χ1v) is 11.8. The molecule has 0 bridgehead atoms. The number of rotatable bonds is 12. The summed E-state index contributed by atoms with van der Waals surface area (Å²) >= 11 is 1.34. The van der Waals surface area contributed by atoms with E-state index in [0.717, 1.165) is 34.9 Å².